The van der Waals surface area contributed by atoms with Crippen molar-refractivity contribution >= 4 is 17.5 Å². The lowest BCUT2D eigenvalue weighted by Crippen LogP contribution is -2.39. The molecule has 1 aromatic rings. The summed E-state index contributed by atoms with van der Waals surface area (Å²) in [6, 6.07) is 0.187. The van der Waals surface area contributed by atoms with Gasteiger partial charge in [-0.2, -0.15) is 0 Å². The van der Waals surface area contributed by atoms with Gasteiger partial charge >= 0.3 is 11.8 Å². The van der Waals surface area contributed by atoms with Crippen LogP contribution in [0.5, 0.6) is 0 Å². The highest BCUT2D eigenvalue weighted by Gasteiger charge is 2.35. The standard InChI is InChI=1S/C12H10F4N2O4/c13-4-1-5(9(15)10(16)8(4)14)17-11(21)12(22)18-2-6(19)7(20)3-18/h1,6-7,19-20H,2-3H2,(H,17,21)/t6-,7-/m0/s1. The smallest absolute Gasteiger partial charge is 0.313 e. The SMILES string of the molecule is O=C(Nc1cc(F)c(F)c(F)c1F)C(=O)N1C[C@H](O)[C@@H](O)C1. The molecule has 0 aromatic heterocycles. The van der Waals surface area contributed by atoms with Gasteiger partial charge in [-0.1, -0.05) is 0 Å². The lowest BCUT2D eigenvalue weighted by molar-refractivity contribution is -0.142. The molecule has 10 heteroatoms. The van der Waals surface area contributed by atoms with E-state index in [2.05, 4.69) is 0 Å². The Morgan fingerprint density at radius 3 is 2.14 bits per heavy atom. The zero-order chi connectivity index (χ0) is 16.6. The van der Waals surface area contributed by atoms with Crippen LogP contribution in [0.4, 0.5) is 23.2 Å². The Morgan fingerprint density at radius 2 is 1.59 bits per heavy atom. The summed E-state index contributed by atoms with van der Waals surface area (Å²) in [5.74, 6) is -10.5. The molecule has 0 aliphatic carbocycles. The average molecular weight is 322 g/mol. The van der Waals surface area contributed by atoms with Crippen LogP contribution in [-0.2, 0) is 9.59 Å². The molecule has 2 atom stereocenters. The lowest BCUT2D eigenvalue weighted by atomic mass is 10.2. The van der Waals surface area contributed by atoms with E-state index < -0.39 is 53.0 Å². The topological polar surface area (TPSA) is 89.9 Å². The Kier molecular flexibility index (Phi) is 4.33. The predicted molar refractivity (Wildman–Crippen MR) is 63.5 cm³/mol. The van der Waals surface area contributed by atoms with E-state index in [1.165, 1.54) is 0 Å². The number of anilines is 1. The summed E-state index contributed by atoms with van der Waals surface area (Å²) in [6.45, 7) is -0.663. The number of hydrogen-bond donors (Lipinski definition) is 3. The third kappa shape index (κ3) is 2.88. The Balaban J connectivity index is 2.14. The highest BCUT2D eigenvalue weighted by atomic mass is 19.2. The fourth-order valence-electron chi connectivity index (χ4n) is 1.92. The van der Waals surface area contributed by atoms with Crippen molar-refractivity contribution in [1.29, 1.82) is 0 Å². The summed E-state index contributed by atoms with van der Waals surface area (Å²) in [5, 5.41) is 20.1. The molecule has 0 unspecified atom stereocenters. The zero-order valence-electron chi connectivity index (χ0n) is 10.8. The van der Waals surface area contributed by atoms with Gasteiger partial charge in [0, 0.05) is 19.2 Å². The van der Waals surface area contributed by atoms with Gasteiger partial charge in [-0.25, -0.2) is 17.6 Å². The van der Waals surface area contributed by atoms with Crippen molar-refractivity contribution in [3.63, 3.8) is 0 Å². The molecule has 1 aliphatic heterocycles. The Morgan fingerprint density at radius 1 is 1.05 bits per heavy atom. The molecule has 0 spiro atoms. The summed E-state index contributed by atoms with van der Waals surface area (Å²) < 4.78 is 52.1. The first-order valence-corrected chi connectivity index (χ1v) is 6.01. The molecule has 1 fully saturated rings. The van der Waals surface area contributed by atoms with Crippen LogP contribution in [0.2, 0.25) is 0 Å². The summed E-state index contributed by atoms with van der Waals surface area (Å²) in [5.41, 5.74) is -1.05. The van der Waals surface area contributed by atoms with Crippen molar-refractivity contribution in [2.75, 3.05) is 18.4 Å². The van der Waals surface area contributed by atoms with Crippen LogP contribution in [0.1, 0.15) is 0 Å². The summed E-state index contributed by atoms with van der Waals surface area (Å²) in [7, 11) is 0. The van der Waals surface area contributed by atoms with Gasteiger partial charge in [-0.05, 0) is 0 Å². The molecule has 1 aliphatic rings. The van der Waals surface area contributed by atoms with E-state index in [1.54, 1.807) is 5.32 Å². The third-order valence-corrected chi connectivity index (χ3v) is 3.09. The number of aliphatic hydroxyl groups is 2. The minimum atomic E-state index is -2.13. The maximum absolute atomic E-state index is 13.4. The third-order valence-electron chi connectivity index (χ3n) is 3.09. The van der Waals surface area contributed by atoms with Gasteiger partial charge in [-0.3, -0.25) is 9.59 Å². The van der Waals surface area contributed by atoms with Crippen LogP contribution in [0.3, 0.4) is 0 Å². The van der Waals surface area contributed by atoms with Crippen LogP contribution in [0.25, 0.3) is 0 Å². The Labute approximate surface area is 120 Å². The Hall–Kier alpha value is -2.20. The van der Waals surface area contributed by atoms with Crippen molar-refractivity contribution in [3.8, 4) is 0 Å². The molecule has 0 bridgehead atoms. The van der Waals surface area contributed by atoms with E-state index >= 15 is 0 Å². The number of benzene rings is 1. The highest BCUT2D eigenvalue weighted by Crippen LogP contribution is 2.23. The molecule has 1 aromatic carbocycles. The summed E-state index contributed by atoms with van der Waals surface area (Å²) in [6.07, 6.45) is -2.48. The summed E-state index contributed by atoms with van der Waals surface area (Å²) in [4.78, 5) is 24.1. The zero-order valence-corrected chi connectivity index (χ0v) is 10.8. The van der Waals surface area contributed by atoms with Crippen molar-refractivity contribution in [2.24, 2.45) is 0 Å². The van der Waals surface area contributed by atoms with Crippen molar-refractivity contribution in [1.82, 2.24) is 4.90 Å². The van der Waals surface area contributed by atoms with E-state index in [9.17, 15) is 37.4 Å². The number of halogens is 4. The number of carbonyl (C=O) groups is 2. The number of likely N-dealkylation sites (tertiary alicyclic amines) is 1. The highest BCUT2D eigenvalue weighted by molar-refractivity contribution is 6.39. The van der Waals surface area contributed by atoms with Crippen LogP contribution >= 0.6 is 0 Å². The number of carbonyl (C=O) groups excluding carboxylic acids is 2. The first-order chi connectivity index (χ1) is 10.2. The van der Waals surface area contributed by atoms with E-state index in [0.29, 0.717) is 0 Å². The van der Waals surface area contributed by atoms with Gasteiger partial charge < -0.3 is 20.4 Å². The fraction of sp³-hybridized carbons (Fsp3) is 0.333. The fourth-order valence-corrected chi connectivity index (χ4v) is 1.92. The van der Waals surface area contributed by atoms with Gasteiger partial charge in [0.15, 0.2) is 23.3 Å². The van der Waals surface area contributed by atoms with Crippen LogP contribution in [0.15, 0.2) is 6.07 Å². The molecule has 22 heavy (non-hydrogen) atoms. The molecule has 120 valence electrons. The number of aliphatic hydroxyl groups excluding tert-OH is 2. The normalized spacial score (nSPS) is 21.1. The molecular formula is C12H10F4N2O4. The lowest BCUT2D eigenvalue weighted by Gasteiger charge is -2.15. The van der Waals surface area contributed by atoms with Crippen molar-refractivity contribution in [2.45, 2.75) is 12.2 Å². The largest absolute Gasteiger partial charge is 0.388 e. The average Bonchev–Trinajstić information content (AvgIpc) is 2.81. The van der Waals surface area contributed by atoms with Crippen LogP contribution in [0, 0.1) is 23.3 Å². The number of nitrogens with zero attached hydrogens (tertiary/aromatic N) is 1. The molecule has 6 nitrogen and oxygen atoms in total. The minimum absolute atomic E-state index is 0.187. The second-order valence-corrected chi connectivity index (χ2v) is 4.65. The predicted octanol–water partition coefficient (Wildman–Crippen LogP) is -0.254. The first-order valence-electron chi connectivity index (χ1n) is 6.01. The van der Waals surface area contributed by atoms with Crippen molar-refractivity contribution < 1.29 is 37.4 Å². The van der Waals surface area contributed by atoms with Crippen molar-refractivity contribution in [3.05, 3.63) is 29.3 Å². The quantitative estimate of drug-likeness (QED) is 0.288. The van der Waals surface area contributed by atoms with E-state index in [4.69, 9.17) is 0 Å². The molecule has 1 saturated heterocycles. The number of β-amino-alcohol motifs (C(OH)–C–C–N with tert-alkyl or cyclic N) is 2. The second kappa shape index (κ2) is 5.89. The molecule has 2 amide bonds. The van der Waals surface area contributed by atoms with Gasteiger partial charge in [0.25, 0.3) is 0 Å². The van der Waals surface area contributed by atoms with Gasteiger partial charge in [0.2, 0.25) is 0 Å². The van der Waals surface area contributed by atoms with Crippen LogP contribution < -0.4 is 5.32 Å². The molecular weight excluding hydrogens is 312 g/mol. The molecule has 2 rings (SSSR count). The van der Waals surface area contributed by atoms with Gasteiger partial charge in [0.05, 0.1) is 17.9 Å². The first kappa shape index (κ1) is 16.2. The van der Waals surface area contributed by atoms with E-state index in [1.807, 2.05) is 0 Å². The molecule has 0 saturated carbocycles. The number of hydrogen-bond acceptors (Lipinski definition) is 4. The molecule has 1 heterocycles. The van der Waals surface area contributed by atoms with Gasteiger partial charge in [-0.15, -0.1) is 0 Å². The van der Waals surface area contributed by atoms with E-state index in [0.717, 1.165) is 4.90 Å². The number of amides is 2. The van der Waals surface area contributed by atoms with E-state index in [-0.39, 0.29) is 19.2 Å². The van der Waals surface area contributed by atoms with Crippen LogP contribution in [-0.4, -0.2) is 52.2 Å². The minimum Gasteiger partial charge on any atom is -0.388 e. The summed E-state index contributed by atoms with van der Waals surface area (Å²) >= 11 is 0. The number of nitrogens with one attached hydrogen (secondary N) is 1. The molecule has 3 N–H and O–H groups in total. The maximum atomic E-state index is 13.4. The number of rotatable bonds is 1. The maximum Gasteiger partial charge on any atom is 0.313 e. The Bertz CT molecular complexity index is 630. The molecule has 0 radical (unpaired) electrons. The second-order valence-electron chi connectivity index (χ2n) is 4.65. The van der Waals surface area contributed by atoms with Gasteiger partial charge in [0.1, 0.15) is 0 Å². The monoisotopic (exact) mass is 322 g/mol.